The predicted molar refractivity (Wildman–Crippen MR) is 112 cm³/mol. The van der Waals surface area contributed by atoms with Crippen LogP contribution in [0.15, 0.2) is 48.7 Å². The van der Waals surface area contributed by atoms with Crippen LogP contribution in [0.1, 0.15) is 26.5 Å². The number of hydrogen-bond donors (Lipinski definition) is 1. The van der Waals surface area contributed by atoms with Crippen LogP contribution in [0.5, 0.6) is 0 Å². The Morgan fingerprint density at radius 3 is 2.55 bits per heavy atom. The number of hydrogen-bond acceptors (Lipinski definition) is 6. The van der Waals surface area contributed by atoms with Crippen molar-refractivity contribution in [3.63, 3.8) is 0 Å². The Balaban J connectivity index is 2.25. The number of amides is 1. The fourth-order valence-electron chi connectivity index (χ4n) is 2.54. The number of nitrogens with one attached hydrogen (secondary N) is 1. The molecule has 0 aliphatic rings. The minimum absolute atomic E-state index is 0.0185. The third-order valence-corrected chi connectivity index (χ3v) is 4.02. The van der Waals surface area contributed by atoms with Crippen LogP contribution >= 0.6 is 11.6 Å². The Hall–Kier alpha value is -2.80. The maximum absolute atomic E-state index is 12.8. The maximum Gasteiger partial charge on any atom is 0.410 e. The van der Waals surface area contributed by atoms with Crippen molar-refractivity contribution < 1.29 is 19.1 Å². The molecule has 2 aromatic rings. The van der Waals surface area contributed by atoms with Crippen molar-refractivity contribution in [1.82, 2.24) is 9.88 Å². The van der Waals surface area contributed by atoms with Gasteiger partial charge in [0.1, 0.15) is 11.6 Å². The van der Waals surface area contributed by atoms with E-state index < -0.39 is 23.7 Å². The highest BCUT2D eigenvalue weighted by molar-refractivity contribution is 6.30. The number of anilines is 1. The molecule has 29 heavy (non-hydrogen) atoms. The Kier molecular flexibility index (Phi) is 7.84. The summed E-state index contributed by atoms with van der Waals surface area (Å²) in [6, 6.07) is 11.6. The number of pyridine rings is 1. The maximum atomic E-state index is 12.8. The molecule has 0 aliphatic heterocycles. The first-order valence-corrected chi connectivity index (χ1v) is 9.53. The number of esters is 1. The minimum Gasteiger partial charge on any atom is -0.467 e. The van der Waals surface area contributed by atoms with Crippen molar-refractivity contribution in [3.8, 4) is 0 Å². The third-order valence-electron chi connectivity index (χ3n) is 3.78. The standard InChI is InChI=1S/C21H26ClN3O4/c1-21(2,3)29-20(27)25(13-17-9-5-6-11-23-17)14-18(19(26)28-4)24-16-10-7-8-15(22)12-16/h5-12,18,24H,13-14H2,1-4H3/t18-/m0/s1. The average Bonchev–Trinajstić information content (AvgIpc) is 2.65. The highest BCUT2D eigenvalue weighted by Gasteiger charge is 2.29. The number of aromatic nitrogens is 1. The minimum atomic E-state index is -0.824. The van der Waals surface area contributed by atoms with E-state index in [-0.39, 0.29) is 13.1 Å². The number of benzene rings is 1. The molecule has 1 atom stereocenters. The molecule has 1 N–H and O–H groups in total. The van der Waals surface area contributed by atoms with Gasteiger partial charge in [0.15, 0.2) is 0 Å². The summed E-state index contributed by atoms with van der Waals surface area (Å²) in [4.78, 5) is 30.9. The van der Waals surface area contributed by atoms with E-state index in [1.54, 1.807) is 63.4 Å². The van der Waals surface area contributed by atoms with Crippen molar-refractivity contribution >= 4 is 29.4 Å². The monoisotopic (exact) mass is 419 g/mol. The van der Waals surface area contributed by atoms with Crippen molar-refractivity contribution in [3.05, 3.63) is 59.4 Å². The van der Waals surface area contributed by atoms with Crippen LogP contribution in [0, 0.1) is 0 Å². The van der Waals surface area contributed by atoms with E-state index in [2.05, 4.69) is 10.3 Å². The summed E-state index contributed by atoms with van der Waals surface area (Å²) in [5, 5.41) is 3.60. The predicted octanol–water partition coefficient (Wildman–Crippen LogP) is 4.13. The van der Waals surface area contributed by atoms with Gasteiger partial charge < -0.3 is 14.8 Å². The normalized spacial score (nSPS) is 12.0. The zero-order valence-corrected chi connectivity index (χ0v) is 17.8. The summed E-state index contributed by atoms with van der Waals surface area (Å²) >= 11 is 6.03. The first kappa shape index (κ1) is 22.5. The Labute approximate surface area is 176 Å². The van der Waals surface area contributed by atoms with E-state index >= 15 is 0 Å². The van der Waals surface area contributed by atoms with E-state index in [0.29, 0.717) is 16.4 Å². The molecule has 1 amide bonds. The van der Waals surface area contributed by atoms with Crippen LogP contribution < -0.4 is 5.32 Å². The average molecular weight is 420 g/mol. The first-order chi connectivity index (χ1) is 13.7. The van der Waals surface area contributed by atoms with Crippen molar-refractivity contribution in [2.24, 2.45) is 0 Å². The van der Waals surface area contributed by atoms with E-state index in [0.717, 1.165) is 0 Å². The second kappa shape index (κ2) is 10.1. The van der Waals surface area contributed by atoms with E-state index in [9.17, 15) is 9.59 Å². The molecule has 1 heterocycles. The summed E-state index contributed by atoms with van der Waals surface area (Å²) in [5.41, 5.74) is 0.625. The molecule has 1 aromatic heterocycles. The van der Waals surface area contributed by atoms with Gasteiger partial charge in [-0.2, -0.15) is 0 Å². The van der Waals surface area contributed by atoms with Gasteiger partial charge in [0.05, 0.1) is 25.9 Å². The number of halogens is 1. The second-order valence-electron chi connectivity index (χ2n) is 7.41. The zero-order valence-electron chi connectivity index (χ0n) is 17.0. The van der Waals surface area contributed by atoms with Gasteiger partial charge in [0.2, 0.25) is 0 Å². The van der Waals surface area contributed by atoms with E-state index in [1.807, 2.05) is 6.07 Å². The summed E-state index contributed by atoms with van der Waals surface area (Å²) < 4.78 is 10.4. The topological polar surface area (TPSA) is 80.8 Å². The molecule has 0 fully saturated rings. The van der Waals surface area contributed by atoms with Gasteiger partial charge >= 0.3 is 12.1 Å². The van der Waals surface area contributed by atoms with E-state index in [1.165, 1.54) is 12.0 Å². The molecule has 1 aromatic carbocycles. The smallest absolute Gasteiger partial charge is 0.410 e. The van der Waals surface area contributed by atoms with Gasteiger partial charge in [-0.05, 0) is 51.1 Å². The van der Waals surface area contributed by atoms with Gasteiger partial charge in [-0.1, -0.05) is 23.7 Å². The molecule has 0 radical (unpaired) electrons. The molecule has 2 rings (SSSR count). The van der Waals surface area contributed by atoms with Gasteiger partial charge in [-0.25, -0.2) is 9.59 Å². The number of ether oxygens (including phenoxy) is 2. The molecule has 0 unspecified atom stereocenters. The van der Waals surface area contributed by atoms with Crippen LogP contribution in [0.25, 0.3) is 0 Å². The molecule has 156 valence electrons. The van der Waals surface area contributed by atoms with Crippen LogP contribution in [-0.4, -0.2) is 47.2 Å². The molecule has 0 bridgehead atoms. The van der Waals surface area contributed by atoms with Crippen LogP contribution in [-0.2, 0) is 20.8 Å². The molecule has 0 aliphatic carbocycles. The Morgan fingerprint density at radius 1 is 1.21 bits per heavy atom. The van der Waals surface area contributed by atoms with Crippen molar-refractivity contribution in [1.29, 1.82) is 0 Å². The number of carbonyl (C=O) groups excluding carboxylic acids is 2. The number of carbonyl (C=O) groups is 2. The molecule has 8 heteroatoms. The lowest BCUT2D eigenvalue weighted by atomic mass is 10.2. The third kappa shape index (κ3) is 7.62. The van der Waals surface area contributed by atoms with Gasteiger partial charge in [-0.3, -0.25) is 9.88 Å². The van der Waals surface area contributed by atoms with Gasteiger partial charge in [0.25, 0.3) is 0 Å². The lowest BCUT2D eigenvalue weighted by Gasteiger charge is -2.30. The quantitative estimate of drug-likeness (QED) is 0.680. The lowest BCUT2D eigenvalue weighted by Crippen LogP contribution is -2.46. The van der Waals surface area contributed by atoms with Gasteiger partial charge in [0, 0.05) is 16.9 Å². The number of methoxy groups -OCH3 is 1. The van der Waals surface area contributed by atoms with E-state index in [4.69, 9.17) is 21.1 Å². The molecular weight excluding hydrogens is 394 g/mol. The summed E-state index contributed by atoms with van der Waals surface area (Å²) in [6.45, 7) is 5.55. The van der Waals surface area contributed by atoms with Crippen molar-refractivity contribution in [2.75, 3.05) is 19.0 Å². The Morgan fingerprint density at radius 2 is 1.97 bits per heavy atom. The van der Waals surface area contributed by atoms with Gasteiger partial charge in [-0.15, -0.1) is 0 Å². The second-order valence-corrected chi connectivity index (χ2v) is 7.85. The molecule has 7 nitrogen and oxygen atoms in total. The van der Waals surface area contributed by atoms with Crippen LogP contribution in [0.2, 0.25) is 5.02 Å². The highest BCUT2D eigenvalue weighted by atomic mass is 35.5. The van der Waals surface area contributed by atoms with Crippen LogP contribution in [0.3, 0.4) is 0 Å². The highest BCUT2D eigenvalue weighted by Crippen LogP contribution is 2.18. The zero-order chi connectivity index (χ0) is 21.4. The fraction of sp³-hybridized carbons (Fsp3) is 0.381. The molecule has 0 spiro atoms. The number of nitrogens with zero attached hydrogens (tertiary/aromatic N) is 2. The SMILES string of the molecule is COC(=O)[C@H](CN(Cc1ccccn1)C(=O)OC(C)(C)C)Nc1cccc(Cl)c1. The molecule has 0 saturated heterocycles. The lowest BCUT2D eigenvalue weighted by molar-refractivity contribution is -0.141. The largest absolute Gasteiger partial charge is 0.467 e. The van der Waals surface area contributed by atoms with Crippen molar-refractivity contribution in [2.45, 2.75) is 39.0 Å². The molecule has 0 saturated carbocycles. The summed E-state index contributed by atoms with van der Waals surface area (Å²) in [7, 11) is 1.30. The first-order valence-electron chi connectivity index (χ1n) is 9.15. The number of rotatable bonds is 7. The molecular formula is C21H26ClN3O4. The summed E-state index contributed by atoms with van der Waals surface area (Å²) in [6.07, 6.45) is 1.09. The van der Waals surface area contributed by atoms with Crippen LogP contribution in [0.4, 0.5) is 10.5 Å². The fourth-order valence-corrected chi connectivity index (χ4v) is 2.73. The summed E-state index contributed by atoms with van der Waals surface area (Å²) in [5.74, 6) is -0.514. The Bertz CT molecular complexity index is 824.